The number of carboxylic acids is 2. The van der Waals surface area contributed by atoms with Crippen LogP contribution >= 0.6 is 0 Å². The number of hydrogen-bond acceptors (Lipinski definition) is 10. The van der Waals surface area contributed by atoms with E-state index >= 15 is 0 Å². The highest BCUT2D eigenvalue weighted by molar-refractivity contribution is 5.96. The maximum atomic E-state index is 13.6. The van der Waals surface area contributed by atoms with Crippen LogP contribution in [0.3, 0.4) is 0 Å². The predicted molar refractivity (Wildman–Crippen MR) is 176 cm³/mol. The molecule has 0 aromatic carbocycles. The first-order valence-corrected chi connectivity index (χ1v) is 16.3. The number of guanidine groups is 1. The Morgan fingerprint density at radius 2 is 1.31 bits per heavy atom. The summed E-state index contributed by atoms with van der Waals surface area (Å²) in [7, 11) is 0. The van der Waals surface area contributed by atoms with Crippen LogP contribution in [0.25, 0.3) is 0 Å². The molecule has 0 aromatic heterocycles. The van der Waals surface area contributed by atoms with Crippen molar-refractivity contribution in [3.05, 3.63) is 0 Å². The third kappa shape index (κ3) is 15.1. The molecule has 0 radical (unpaired) electrons. The molecule has 5 amide bonds. The summed E-state index contributed by atoms with van der Waals surface area (Å²) in [5.74, 6) is -6.96. The average molecular weight is 700 g/mol. The Labute approximate surface area is 285 Å². The standard InChI is InChI=1S/C30H53N9O10/c1-15(2)11-19(36-24(43)17(31)13-23(41)42)26(45)38-21(14-40)27(46)35-18(7-5-9-34-30(32)33)25(44)37-20(12-16(3)4)28(47)39-10-6-8-22(39)29(48)49/h15-22,40H,5-14,31H2,1-4H3,(H,35,46)(H,36,43)(H,37,44)(H,38,45)(H,41,42)(H,48,49)(H4,32,33,34). The minimum Gasteiger partial charge on any atom is -0.481 e. The van der Waals surface area contributed by atoms with Crippen molar-refractivity contribution in [2.45, 2.75) is 109 Å². The number of likely N-dealkylation sites (tertiary alicyclic amines) is 1. The van der Waals surface area contributed by atoms with Gasteiger partial charge in [0.2, 0.25) is 29.5 Å². The molecule has 1 aliphatic rings. The first-order chi connectivity index (χ1) is 22.9. The van der Waals surface area contributed by atoms with E-state index in [0.29, 0.717) is 6.42 Å². The maximum absolute atomic E-state index is 13.6. The van der Waals surface area contributed by atoms with E-state index in [9.17, 15) is 43.8 Å². The number of nitrogens with two attached hydrogens (primary N) is 3. The van der Waals surface area contributed by atoms with E-state index in [0.717, 1.165) is 0 Å². The predicted octanol–water partition coefficient (Wildman–Crippen LogP) is -3.06. The zero-order valence-corrected chi connectivity index (χ0v) is 28.5. The molecule has 49 heavy (non-hydrogen) atoms. The molecule has 13 N–H and O–H groups in total. The van der Waals surface area contributed by atoms with Gasteiger partial charge < -0.3 is 58.7 Å². The Bertz CT molecular complexity index is 1210. The van der Waals surface area contributed by atoms with Gasteiger partial charge >= 0.3 is 11.9 Å². The molecule has 1 heterocycles. The molecule has 278 valence electrons. The SMILES string of the molecule is CC(C)CC(NC(=O)C(N)CC(=O)O)C(=O)NC(CO)C(=O)NC(CCCN=C(N)N)C(=O)NC(CC(C)C)C(=O)N1CCCC1C(=O)O. The zero-order valence-electron chi connectivity index (χ0n) is 28.5. The largest absolute Gasteiger partial charge is 0.481 e. The van der Waals surface area contributed by atoms with Gasteiger partial charge in [-0.3, -0.25) is 33.8 Å². The summed E-state index contributed by atoms with van der Waals surface area (Å²) in [6.45, 7) is 6.56. The number of aliphatic hydroxyl groups is 1. The van der Waals surface area contributed by atoms with Crippen LogP contribution < -0.4 is 38.5 Å². The fourth-order valence-electron chi connectivity index (χ4n) is 5.23. The summed E-state index contributed by atoms with van der Waals surface area (Å²) in [6.07, 6.45) is 0.504. The van der Waals surface area contributed by atoms with Crippen molar-refractivity contribution in [3.63, 3.8) is 0 Å². The molecule has 0 aliphatic carbocycles. The summed E-state index contributed by atoms with van der Waals surface area (Å²) >= 11 is 0. The number of nitrogens with zero attached hydrogens (tertiary/aromatic N) is 2. The second kappa shape index (κ2) is 20.8. The molecule has 6 unspecified atom stereocenters. The van der Waals surface area contributed by atoms with E-state index in [-0.39, 0.29) is 63.0 Å². The van der Waals surface area contributed by atoms with E-state index in [2.05, 4.69) is 26.3 Å². The molecular formula is C30H53N9O10. The van der Waals surface area contributed by atoms with Crippen LogP contribution in [0.1, 0.15) is 72.6 Å². The lowest BCUT2D eigenvalue weighted by Gasteiger charge is -2.30. The lowest BCUT2D eigenvalue weighted by atomic mass is 10.0. The van der Waals surface area contributed by atoms with E-state index in [1.165, 1.54) is 4.90 Å². The fraction of sp³-hybridized carbons (Fsp3) is 0.733. The van der Waals surface area contributed by atoms with Crippen molar-refractivity contribution in [3.8, 4) is 0 Å². The van der Waals surface area contributed by atoms with E-state index in [1.807, 2.05) is 13.8 Å². The third-order valence-corrected chi connectivity index (χ3v) is 7.61. The first kappa shape index (κ1) is 42.5. The van der Waals surface area contributed by atoms with Crippen LogP contribution in [-0.4, -0.2) is 124 Å². The van der Waals surface area contributed by atoms with Crippen LogP contribution in [0, 0.1) is 11.8 Å². The smallest absolute Gasteiger partial charge is 0.326 e. The second-order valence-electron chi connectivity index (χ2n) is 12.9. The number of carbonyl (C=O) groups excluding carboxylic acids is 5. The Morgan fingerprint density at radius 3 is 1.84 bits per heavy atom. The Morgan fingerprint density at radius 1 is 0.796 bits per heavy atom. The molecular weight excluding hydrogens is 646 g/mol. The molecule has 0 aromatic rings. The van der Waals surface area contributed by atoms with Gasteiger partial charge in [0.25, 0.3) is 0 Å². The quantitative estimate of drug-likeness (QED) is 0.0324. The number of aliphatic imine (C=N–C) groups is 1. The Kier molecular flexibility index (Phi) is 18.0. The van der Waals surface area contributed by atoms with Crippen LogP contribution in [0.4, 0.5) is 0 Å². The number of carboxylic acid groups (broad SMARTS) is 2. The van der Waals surface area contributed by atoms with Crippen molar-refractivity contribution >= 4 is 47.4 Å². The monoisotopic (exact) mass is 699 g/mol. The number of aliphatic carboxylic acids is 2. The van der Waals surface area contributed by atoms with Crippen molar-refractivity contribution in [1.29, 1.82) is 0 Å². The van der Waals surface area contributed by atoms with Gasteiger partial charge in [-0.05, 0) is 50.4 Å². The van der Waals surface area contributed by atoms with E-state index in [1.54, 1.807) is 13.8 Å². The third-order valence-electron chi connectivity index (χ3n) is 7.61. The van der Waals surface area contributed by atoms with Gasteiger partial charge in [0.05, 0.1) is 19.1 Å². The molecule has 1 fully saturated rings. The average Bonchev–Trinajstić information content (AvgIpc) is 3.49. The van der Waals surface area contributed by atoms with Crippen molar-refractivity contribution in [1.82, 2.24) is 26.2 Å². The summed E-state index contributed by atoms with van der Waals surface area (Å²) in [5.41, 5.74) is 16.4. The number of aliphatic hydroxyl groups excluding tert-OH is 1. The van der Waals surface area contributed by atoms with Crippen LogP contribution in [0.2, 0.25) is 0 Å². The highest BCUT2D eigenvalue weighted by atomic mass is 16.4. The zero-order chi connectivity index (χ0) is 37.4. The second-order valence-corrected chi connectivity index (χ2v) is 12.9. The summed E-state index contributed by atoms with van der Waals surface area (Å²) in [4.78, 5) is 93.8. The first-order valence-electron chi connectivity index (χ1n) is 16.3. The van der Waals surface area contributed by atoms with Crippen molar-refractivity contribution < 1.29 is 48.9 Å². The topological polar surface area (TPSA) is 322 Å². The normalized spacial score (nSPS) is 17.3. The van der Waals surface area contributed by atoms with Crippen molar-refractivity contribution in [2.75, 3.05) is 19.7 Å². The molecule has 19 nitrogen and oxygen atoms in total. The highest BCUT2D eigenvalue weighted by Crippen LogP contribution is 2.20. The number of amides is 5. The molecule has 1 saturated heterocycles. The molecule has 0 bridgehead atoms. The molecule has 19 heteroatoms. The number of nitrogens with one attached hydrogen (secondary N) is 4. The van der Waals surface area contributed by atoms with Gasteiger partial charge in [-0.25, -0.2) is 4.79 Å². The van der Waals surface area contributed by atoms with Crippen LogP contribution in [0.5, 0.6) is 0 Å². The minimum absolute atomic E-state index is 0.0298. The molecule has 0 saturated carbocycles. The van der Waals surface area contributed by atoms with Gasteiger partial charge in [-0.2, -0.15) is 0 Å². The lowest BCUT2D eigenvalue weighted by molar-refractivity contribution is -0.149. The van der Waals surface area contributed by atoms with Crippen molar-refractivity contribution in [2.24, 2.45) is 34.0 Å². The summed E-state index contributed by atoms with van der Waals surface area (Å²) in [5, 5.41) is 38.4. The molecule has 6 atom stereocenters. The van der Waals surface area contributed by atoms with Gasteiger partial charge in [-0.1, -0.05) is 27.7 Å². The van der Waals surface area contributed by atoms with Gasteiger partial charge in [-0.15, -0.1) is 0 Å². The van der Waals surface area contributed by atoms with Gasteiger partial charge in [0.15, 0.2) is 5.96 Å². The van der Waals surface area contributed by atoms with Crippen LogP contribution in [-0.2, 0) is 33.6 Å². The van der Waals surface area contributed by atoms with E-state index in [4.69, 9.17) is 22.3 Å². The fourth-order valence-corrected chi connectivity index (χ4v) is 5.23. The molecule has 1 aliphatic heterocycles. The van der Waals surface area contributed by atoms with Gasteiger partial charge in [0.1, 0.15) is 30.2 Å². The van der Waals surface area contributed by atoms with E-state index < -0.39 is 90.8 Å². The maximum Gasteiger partial charge on any atom is 0.326 e. The molecule has 0 spiro atoms. The van der Waals surface area contributed by atoms with Crippen LogP contribution in [0.15, 0.2) is 4.99 Å². The molecule has 1 rings (SSSR count). The summed E-state index contributed by atoms with van der Waals surface area (Å²) < 4.78 is 0. The minimum atomic E-state index is -1.59. The van der Waals surface area contributed by atoms with Gasteiger partial charge in [0, 0.05) is 13.1 Å². The number of hydrogen-bond donors (Lipinski definition) is 10. The summed E-state index contributed by atoms with van der Waals surface area (Å²) in [6, 6.07) is -7.71. The Hall–Kier alpha value is -4.52. The number of carbonyl (C=O) groups is 7. The Balaban J connectivity index is 3.20. The lowest BCUT2D eigenvalue weighted by Crippen LogP contribution is -2.60. The number of rotatable bonds is 21. The highest BCUT2D eigenvalue weighted by Gasteiger charge is 2.39.